The second-order valence-corrected chi connectivity index (χ2v) is 6.49. The zero-order chi connectivity index (χ0) is 20.2. The fraction of sp³-hybridized carbons (Fsp3) is 0.235. The van der Waals surface area contributed by atoms with Gasteiger partial charge in [0.05, 0.1) is 21.5 Å². The van der Waals surface area contributed by atoms with E-state index >= 15 is 0 Å². The molecule has 0 spiro atoms. The van der Waals surface area contributed by atoms with Crippen LogP contribution in [0.1, 0.15) is 16.7 Å². The van der Waals surface area contributed by atoms with Crippen molar-refractivity contribution in [1.82, 2.24) is 0 Å². The molecule has 0 saturated carbocycles. The van der Waals surface area contributed by atoms with E-state index in [-0.39, 0.29) is 24.5 Å². The van der Waals surface area contributed by atoms with E-state index in [4.69, 9.17) is 0 Å². The number of nitro groups is 1. The lowest BCUT2D eigenvalue weighted by atomic mass is 10.1. The third-order valence-electron chi connectivity index (χ3n) is 3.54. The molecule has 0 aromatic heterocycles. The number of hydrogen-bond donors (Lipinski definition) is 2. The Morgan fingerprint density at radius 3 is 2.67 bits per heavy atom. The van der Waals surface area contributed by atoms with Crippen LogP contribution in [0.2, 0.25) is 0 Å². The first-order chi connectivity index (χ1) is 12.6. The molecule has 2 N–H and O–H groups in total. The number of anilines is 1. The molecular weight excluding hydrogens is 431 g/mol. The predicted octanol–water partition coefficient (Wildman–Crippen LogP) is 4.92. The molecule has 0 aliphatic heterocycles. The molecule has 0 unspecified atom stereocenters. The van der Waals surface area contributed by atoms with Crippen molar-refractivity contribution in [2.24, 2.45) is 4.99 Å². The van der Waals surface area contributed by atoms with Crippen LogP contribution in [0.3, 0.4) is 0 Å². The number of nitrogens with zero attached hydrogens (tertiary/aromatic N) is 2. The van der Waals surface area contributed by atoms with Gasteiger partial charge in [0.15, 0.2) is 0 Å². The van der Waals surface area contributed by atoms with Gasteiger partial charge in [-0.3, -0.25) is 15.1 Å². The molecule has 0 heterocycles. The summed E-state index contributed by atoms with van der Waals surface area (Å²) in [5, 5.41) is 23.2. The summed E-state index contributed by atoms with van der Waals surface area (Å²) in [5.74, 6) is 0.0204. The number of aryl methyl sites for hydroxylation is 1. The average Bonchev–Trinajstić information content (AvgIpc) is 2.57. The maximum absolute atomic E-state index is 13.1. The highest BCUT2D eigenvalue weighted by Gasteiger charge is 2.35. The molecule has 2 rings (SSSR count). The van der Waals surface area contributed by atoms with Gasteiger partial charge >= 0.3 is 6.18 Å². The topological polar surface area (TPSA) is 87.8 Å². The highest BCUT2D eigenvalue weighted by Crippen LogP contribution is 2.37. The normalized spacial score (nSPS) is 11.7. The second kappa shape index (κ2) is 8.38. The smallest absolute Gasteiger partial charge is 0.418 e. The van der Waals surface area contributed by atoms with Crippen LogP contribution in [-0.4, -0.2) is 29.3 Å². The number of phenolic OH excluding ortho intramolecular Hbond substituents is 1. The number of alkyl halides is 3. The first-order valence-corrected chi connectivity index (χ1v) is 8.47. The molecule has 0 bridgehead atoms. The Balaban J connectivity index is 2.06. The number of nitrogens with one attached hydrogen (secondary N) is 1. The molecule has 27 heavy (non-hydrogen) atoms. The van der Waals surface area contributed by atoms with Crippen LogP contribution in [-0.2, 0) is 6.18 Å². The molecule has 0 fully saturated rings. The maximum atomic E-state index is 13.1. The minimum absolute atomic E-state index is 0.0204. The molecule has 0 aliphatic rings. The van der Waals surface area contributed by atoms with Gasteiger partial charge in [-0.05, 0) is 46.6 Å². The number of aliphatic imine (C=N–C) groups is 1. The number of phenols is 1. The Hall–Kier alpha value is -2.62. The Morgan fingerprint density at radius 2 is 2.04 bits per heavy atom. The monoisotopic (exact) mass is 445 g/mol. The lowest BCUT2D eigenvalue weighted by Crippen LogP contribution is -2.13. The third-order valence-corrected chi connectivity index (χ3v) is 4.15. The minimum atomic E-state index is -4.72. The summed E-state index contributed by atoms with van der Waals surface area (Å²) in [6.07, 6.45) is -3.30. The van der Waals surface area contributed by atoms with Crippen molar-refractivity contribution >= 4 is 33.5 Å². The van der Waals surface area contributed by atoms with Gasteiger partial charge in [-0.15, -0.1) is 0 Å². The van der Waals surface area contributed by atoms with E-state index in [9.17, 15) is 28.4 Å². The SMILES string of the molecule is Cc1cc(Br)c(O)c(C=NCCNc2ccc([N+](=O)[O-])cc2C(F)(F)F)c1. The van der Waals surface area contributed by atoms with Gasteiger partial charge in [-0.2, -0.15) is 13.2 Å². The number of hydrogen-bond acceptors (Lipinski definition) is 5. The fourth-order valence-electron chi connectivity index (χ4n) is 2.31. The highest BCUT2D eigenvalue weighted by atomic mass is 79.9. The third kappa shape index (κ3) is 5.43. The number of rotatable bonds is 6. The molecule has 10 heteroatoms. The summed E-state index contributed by atoms with van der Waals surface area (Å²) in [6, 6.07) is 5.97. The Morgan fingerprint density at radius 1 is 1.33 bits per heavy atom. The highest BCUT2D eigenvalue weighted by molar-refractivity contribution is 9.10. The first kappa shape index (κ1) is 20.7. The summed E-state index contributed by atoms with van der Waals surface area (Å²) in [7, 11) is 0. The van der Waals surface area contributed by atoms with Crippen molar-refractivity contribution in [3.63, 3.8) is 0 Å². The Kier molecular flexibility index (Phi) is 6.42. The molecule has 0 saturated heterocycles. The maximum Gasteiger partial charge on any atom is 0.418 e. The number of halogens is 4. The van der Waals surface area contributed by atoms with E-state index < -0.39 is 22.4 Å². The van der Waals surface area contributed by atoms with Gasteiger partial charge in [0, 0.05) is 36.1 Å². The molecular formula is C17H15BrF3N3O3. The van der Waals surface area contributed by atoms with E-state index in [0.29, 0.717) is 16.1 Å². The summed E-state index contributed by atoms with van der Waals surface area (Å²) in [4.78, 5) is 13.9. The predicted molar refractivity (Wildman–Crippen MR) is 99.6 cm³/mol. The van der Waals surface area contributed by atoms with Gasteiger partial charge in [0.1, 0.15) is 5.75 Å². The number of nitro benzene ring substituents is 1. The number of benzene rings is 2. The standard InChI is InChI=1S/C17H15BrF3N3O3/c1-10-6-11(16(25)14(18)7-10)9-22-4-5-23-15-3-2-12(24(26)27)8-13(15)17(19,20)21/h2-3,6-9,23,25H,4-5H2,1H3. The fourth-order valence-corrected chi connectivity index (χ4v) is 2.90. The van der Waals surface area contributed by atoms with Gasteiger partial charge in [0.25, 0.3) is 5.69 Å². The summed E-state index contributed by atoms with van der Waals surface area (Å²) >= 11 is 3.21. The zero-order valence-corrected chi connectivity index (χ0v) is 15.6. The van der Waals surface area contributed by atoms with Crippen molar-refractivity contribution in [2.45, 2.75) is 13.1 Å². The van der Waals surface area contributed by atoms with E-state index in [1.165, 1.54) is 6.21 Å². The van der Waals surface area contributed by atoms with Crippen LogP contribution in [0.4, 0.5) is 24.5 Å². The average molecular weight is 446 g/mol. The van der Waals surface area contributed by atoms with Crippen LogP contribution >= 0.6 is 15.9 Å². The molecule has 0 amide bonds. The molecule has 6 nitrogen and oxygen atoms in total. The van der Waals surface area contributed by atoms with Crippen molar-refractivity contribution in [2.75, 3.05) is 18.4 Å². The molecule has 0 radical (unpaired) electrons. The largest absolute Gasteiger partial charge is 0.506 e. The van der Waals surface area contributed by atoms with Crippen LogP contribution in [0.25, 0.3) is 0 Å². The van der Waals surface area contributed by atoms with E-state index in [2.05, 4.69) is 26.2 Å². The zero-order valence-electron chi connectivity index (χ0n) is 14.0. The van der Waals surface area contributed by atoms with Crippen LogP contribution in [0, 0.1) is 17.0 Å². The quantitative estimate of drug-likeness (QED) is 0.285. The molecule has 0 atom stereocenters. The lowest BCUT2D eigenvalue weighted by molar-refractivity contribution is -0.385. The van der Waals surface area contributed by atoms with Crippen LogP contribution < -0.4 is 5.32 Å². The van der Waals surface area contributed by atoms with Gasteiger partial charge in [-0.1, -0.05) is 0 Å². The molecule has 2 aromatic rings. The van der Waals surface area contributed by atoms with Crippen molar-refractivity contribution in [3.8, 4) is 5.75 Å². The van der Waals surface area contributed by atoms with Gasteiger partial charge in [0.2, 0.25) is 0 Å². The molecule has 144 valence electrons. The van der Waals surface area contributed by atoms with Crippen molar-refractivity contribution < 1.29 is 23.2 Å². The van der Waals surface area contributed by atoms with Gasteiger partial charge < -0.3 is 10.4 Å². The van der Waals surface area contributed by atoms with Crippen LogP contribution in [0.15, 0.2) is 39.8 Å². The number of non-ortho nitro benzene ring substituents is 1. The first-order valence-electron chi connectivity index (χ1n) is 7.68. The Labute approximate surface area is 161 Å². The number of aromatic hydroxyl groups is 1. The second-order valence-electron chi connectivity index (χ2n) is 5.63. The van der Waals surface area contributed by atoms with Crippen LogP contribution in [0.5, 0.6) is 5.75 Å². The summed E-state index contributed by atoms with van der Waals surface area (Å²) < 4.78 is 39.8. The van der Waals surface area contributed by atoms with E-state index in [1.54, 1.807) is 12.1 Å². The van der Waals surface area contributed by atoms with E-state index in [0.717, 1.165) is 17.7 Å². The van der Waals surface area contributed by atoms with Crippen molar-refractivity contribution in [3.05, 3.63) is 61.6 Å². The molecule has 0 aliphatic carbocycles. The molecule has 2 aromatic carbocycles. The summed E-state index contributed by atoms with van der Waals surface area (Å²) in [5.41, 5.74) is -0.620. The van der Waals surface area contributed by atoms with E-state index in [1.807, 2.05) is 6.92 Å². The minimum Gasteiger partial charge on any atom is -0.506 e. The van der Waals surface area contributed by atoms with Gasteiger partial charge in [-0.25, -0.2) is 0 Å². The summed E-state index contributed by atoms with van der Waals surface area (Å²) in [6.45, 7) is 2.06. The lowest BCUT2D eigenvalue weighted by Gasteiger charge is -2.13. The van der Waals surface area contributed by atoms with Crippen molar-refractivity contribution in [1.29, 1.82) is 0 Å². The Bertz CT molecular complexity index is 886.